The van der Waals surface area contributed by atoms with Crippen LogP contribution in [0.4, 0.5) is 0 Å². The average molecular weight is 443 g/mol. The van der Waals surface area contributed by atoms with E-state index in [9.17, 15) is 4.79 Å². The molecular weight excluding hydrogens is 429 g/mol. The quantitative estimate of drug-likeness (QED) is 0.475. The summed E-state index contributed by atoms with van der Waals surface area (Å²) in [5.41, 5.74) is 1.66. The molecule has 0 aliphatic heterocycles. The van der Waals surface area contributed by atoms with Crippen molar-refractivity contribution in [1.29, 1.82) is 0 Å². The summed E-state index contributed by atoms with van der Waals surface area (Å²) in [6.45, 7) is 0.427. The van der Waals surface area contributed by atoms with Gasteiger partial charge < -0.3 is 9.32 Å². The minimum absolute atomic E-state index is 0.0719. The fraction of sp³-hybridized carbons (Fsp3) is 0.167. The van der Waals surface area contributed by atoms with Gasteiger partial charge in [0.2, 0.25) is 11.8 Å². The molecule has 0 radical (unpaired) electrons. The summed E-state index contributed by atoms with van der Waals surface area (Å²) in [7, 11) is 1.72. The van der Waals surface area contributed by atoms with Gasteiger partial charge in [-0.3, -0.25) is 4.79 Å². The number of hydrogen-bond acceptors (Lipinski definition) is 5. The second-order valence-corrected chi connectivity index (χ2v) is 7.84. The molecule has 5 nitrogen and oxygen atoms in total. The zero-order valence-corrected chi connectivity index (χ0v) is 17.2. The van der Waals surface area contributed by atoms with E-state index in [1.54, 1.807) is 48.3 Å². The molecule has 1 heterocycles. The highest BCUT2D eigenvalue weighted by Gasteiger charge is 2.14. The Morgan fingerprint density at radius 3 is 2.52 bits per heavy atom. The smallest absolute Gasteiger partial charge is 0.277 e. The van der Waals surface area contributed by atoms with Crippen LogP contribution in [0.3, 0.4) is 0 Å². The SMILES string of the molecule is CN(Cc1ccc(Cl)c(Cl)c1)C(=O)CSc1nnc(-c2ccc(Cl)cc2)o1. The Kier molecular flexibility index (Phi) is 6.65. The summed E-state index contributed by atoms with van der Waals surface area (Å²) in [6.07, 6.45) is 0. The van der Waals surface area contributed by atoms with Crippen LogP contribution in [0, 0.1) is 0 Å². The number of benzene rings is 2. The highest BCUT2D eigenvalue weighted by atomic mass is 35.5. The van der Waals surface area contributed by atoms with Crippen molar-refractivity contribution >= 4 is 52.5 Å². The average Bonchev–Trinajstić information content (AvgIpc) is 3.12. The molecule has 0 aliphatic carbocycles. The van der Waals surface area contributed by atoms with Crippen LogP contribution in [0.5, 0.6) is 0 Å². The fourth-order valence-electron chi connectivity index (χ4n) is 2.21. The molecule has 0 saturated carbocycles. The summed E-state index contributed by atoms with van der Waals surface area (Å²) >= 11 is 19.0. The first-order valence-corrected chi connectivity index (χ1v) is 9.94. The van der Waals surface area contributed by atoms with E-state index in [0.29, 0.717) is 32.7 Å². The molecule has 0 bridgehead atoms. The summed E-state index contributed by atoms with van der Waals surface area (Å²) in [5.74, 6) is 0.489. The Morgan fingerprint density at radius 1 is 1.07 bits per heavy atom. The Morgan fingerprint density at radius 2 is 1.81 bits per heavy atom. The number of carbonyl (C=O) groups is 1. The predicted molar refractivity (Wildman–Crippen MR) is 108 cm³/mol. The van der Waals surface area contributed by atoms with Gasteiger partial charge in [0.05, 0.1) is 15.8 Å². The molecule has 0 atom stereocenters. The van der Waals surface area contributed by atoms with Crippen LogP contribution in [-0.4, -0.2) is 33.8 Å². The fourth-order valence-corrected chi connectivity index (χ4v) is 3.36. The van der Waals surface area contributed by atoms with Gasteiger partial charge in [0.15, 0.2) is 0 Å². The van der Waals surface area contributed by atoms with E-state index >= 15 is 0 Å². The third-order valence-electron chi connectivity index (χ3n) is 3.65. The third kappa shape index (κ3) is 5.39. The second kappa shape index (κ2) is 8.97. The molecule has 0 spiro atoms. The Hall–Kier alpha value is -1.73. The lowest BCUT2D eigenvalue weighted by Crippen LogP contribution is -2.27. The molecule has 27 heavy (non-hydrogen) atoms. The van der Waals surface area contributed by atoms with Crippen LogP contribution in [0.25, 0.3) is 11.5 Å². The third-order valence-corrected chi connectivity index (χ3v) is 5.44. The predicted octanol–water partition coefficient (Wildman–Crippen LogP) is 5.45. The second-order valence-electron chi connectivity index (χ2n) is 5.67. The number of carbonyl (C=O) groups excluding carboxylic acids is 1. The summed E-state index contributed by atoms with van der Waals surface area (Å²) in [5, 5.41) is 9.86. The summed E-state index contributed by atoms with van der Waals surface area (Å²) in [6, 6.07) is 12.4. The number of nitrogens with zero attached hydrogens (tertiary/aromatic N) is 3. The molecule has 3 rings (SSSR count). The van der Waals surface area contributed by atoms with Gasteiger partial charge in [0.25, 0.3) is 5.22 Å². The van der Waals surface area contributed by atoms with Crippen LogP contribution < -0.4 is 0 Å². The van der Waals surface area contributed by atoms with Crippen molar-refractivity contribution in [2.24, 2.45) is 0 Å². The molecule has 0 N–H and O–H groups in total. The van der Waals surface area contributed by atoms with Crippen molar-refractivity contribution in [2.75, 3.05) is 12.8 Å². The van der Waals surface area contributed by atoms with Gasteiger partial charge >= 0.3 is 0 Å². The van der Waals surface area contributed by atoms with Crippen molar-refractivity contribution in [3.63, 3.8) is 0 Å². The van der Waals surface area contributed by atoms with Gasteiger partial charge in [-0.05, 0) is 42.0 Å². The van der Waals surface area contributed by atoms with Gasteiger partial charge in [-0.15, -0.1) is 10.2 Å². The van der Waals surface area contributed by atoms with E-state index in [-0.39, 0.29) is 11.7 Å². The first-order chi connectivity index (χ1) is 12.9. The van der Waals surface area contributed by atoms with E-state index in [1.165, 1.54) is 11.8 Å². The number of rotatable bonds is 6. The lowest BCUT2D eigenvalue weighted by molar-refractivity contribution is -0.127. The van der Waals surface area contributed by atoms with Crippen molar-refractivity contribution in [2.45, 2.75) is 11.8 Å². The summed E-state index contributed by atoms with van der Waals surface area (Å²) in [4.78, 5) is 13.9. The standard InChI is InChI=1S/C18H14Cl3N3O2S/c1-24(9-11-2-7-14(20)15(21)8-11)16(25)10-27-18-23-22-17(26-18)12-3-5-13(19)6-4-12/h2-8H,9-10H2,1H3. The van der Waals surface area contributed by atoms with Crippen LogP contribution in [0.15, 0.2) is 52.1 Å². The molecule has 1 amide bonds. The number of amides is 1. The number of halogens is 3. The topological polar surface area (TPSA) is 59.2 Å². The highest BCUT2D eigenvalue weighted by molar-refractivity contribution is 7.99. The van der Waals surface area contributed by atoms with Crippen LogP contribution in [-0.2, 0) is 11.3 Å². The molecule has 140 valence electrons. The molecule has 2 aromatic carbocycles. The van der Waals surface area contributed by atoms with Crippen molar-refractivity contribution in [3.8, 4) is 11.5 Å². The maximum atomic E-state index is 12.3. The zero-order chi connectivity index (χ0) is 19.4. The van der Waals surface area contributed by atoms with Gasteiger partial charge in [-0.2, -0.15) is 0 Å². The van der Waals surface area contributed by atoms with Crippen molar-refractivity contribution in [3.05, 3.63) is 63.1 Å². The monoisotopic (exact) mass is 441 g/mol. The van der Waals surface area contributed by atoms with Gasteiger partial charge in [-0.25, -0.2) is 0 Å². The number of aromatic nitrogens is 2. The summed E-state index contributed by atoms with van der Waals surface area (Å²) < 4.78 is 5.58. The van der Waals surface area contributed by atoms with E-state index < -0.39 is 0 Å². The molecule has 0 fully saturated rings. The van der Waals surface area contributed by atoms with E-state index in [1.807, 2.05) is 6.07 Å². The van der Waals surface area contributed by atoms with Crippen molar-refractivity contribution in [1.82, 2.24) is 15.1 Å². The highest BCUT2D eigenvalue weighted by Crippen LogP contribution is 2.25. The largest absolute Gasteiger partial charge is 0.411 e. The lowest BCUT2D eigenvalue weighted by atomic mass is 10.2. The van der Waals surface area contributed by atoms with Gasteiger partial charge in [-0.1, -0.05) is 52.6 Å². The molecule has 1 aromatic heterocycles. The first kappa shape index (κ1) is 20.0. The maximum Gasteiger partial charge on any atom is 0.277 e. The minimum atomic E-state index is -0.0719. The Labute approximate surface area is 175 Å². The van der Waals surface area contributed by atoms with Crippen LogP contribution >= 0.6 is 46.6 Å². The number of thioether (sulfide) groups is 1. The van der Waals surface area contributed by atoms with Gasteiger partial charge in [0.1, 0.15) is 0 Å². The normalized spacial score (nSPS) is 10.8. The zero-order valence-electron chi connectivity index (χ0n) is 14.2. The molecule has 0 unspecified atom stereocenters. The molecule has 9 heteroatoms. The lowest BCUT2D eigenvalue weighted by Gasteiger charge is -2.17. The molecule has 3 aromatic rings. The van der Waals surface area contributed by atoms with Crippen molar-refractivity contribution < 1.29 is 9.21 Å². The van der Waals surface area contributed by atoms with Crippen LogP contribution in [0.2, 0.25) is 15.1 Å². The maximum absolute atomic E-state index is 12.3. The van der Waals surface area contributed by atoms with Gasteiger partial charge in [0, 0.05) is 24.2 Å². The Bertz CT molecular complexity index is 947. The number of hydrogen-bond donors (Lipinski definition) is 0. The molecule has 0 saturated heterocycles. The first-order valence-electron chi connectivity index (χ1n) is 7.82. The van der Waals surface area contributed by atoms with E-state index in [4.69, 9.17) is 39.2 Å². The molecule has 0 aliphatic rings. The molecular formula is C18H14Cl3N3O2S. The minimum Gasteiger partial charge on any atom is -0.411 e. The Balaban J connectivity index is 1.55. The van der Waals surface area contributed by atoms with Crippen LogP contribution in [0.1, 0.15) is 5.56 Å². The van der Waals surface area contributed by atoms with E-state index in [0.717, 1.165) is 11.1 Å². The van der Waals surface area contributed by atoms with E-state index in [2.05, 4.69) is 10.2 Å².